The minimum absolute atomic E-state index is 0.0146. The molecule has 2 heterocycles. The smallest absolute Gasteiger partial charge is 0.280 e. The van der Waals surface area contributed by atoms with Crippen LogP contribution in [0.4, 0.5) is 0 Å². The molecule has 2 atom stereocenters. The maximum absolute atomic E-state index is 12.9. The number of aryl methyl sites for hydroxylation is 1. The summed E-state index contributed by atoms with van der Waals surface area (Å²) in [5.41, 5.74) is 4.46. The first-order valence-corrected chi connectivity index (χ1v) is 11.0. The van der Waals surface area contributed by atoms with Crippen molar-refractivity contribution in [2.75, 3.05) is 7.11 Å². The minimum Gasteiger partial charge on any atom is -0.497 e. The largest absolute Gasteiger partial charge is 0.497 e. The fraction of sp³-hybridized carbons (Fsp3) is 0.192. The van der Waals surface area contributed by atoms with Crippen LogP contribution in [0.2, 0.25) is 0 Å². The van der Waals surface area contributed by atoms with Gasteiger partial charge in [0.15, 0.2) is 5.82 Å². The third-order valence-corrected chi connectivity index (χ3v) is 6.20. The number of aliphatic hydroxyl groups is 1. The standard InChI is InChI=1S/C26H23N5O3/c1-34-20-9-6-17-7-10-23(21(17)12-20)30-25(32)19-8-11-24(28-14-19)31-26(33)22(15-29-31)18-4-2-16(13-27)3-5-18/h2-6,8-9,11-12,14-15,23,25,29-30,32H,7,10H2,1H3. The number of aliphatic hydroxyl groups excluding tert-OH is 1. The lowest BCUT2D eigenvalue weighted by Crippen LogP contribution is -2.25. The molecule has 0 spiro atoms. The molecule has 4 aromatic rings. The molecule has 0 amide bonds. The lowest BCUT2D eigenvalue weighted by Gasteiger charge is -2.20. The number of hydrogen-bond donors (Lipinski definition) is 3. The van der Waals surface area contributed by atoms with Gasteiger partial charge in [-0.25, -0.2) is 9.67 Å². The number of nitriles is 1. The van der Waals surface area contributed by atoms with E-state index in [1.807, 2.05) is 12.1 Å². The molecular formula is C26H23N5O3. The lowest BCUT2D eigenvalue weighted by molar-refractivity contribution is 0.122. The average molecular weight is 454 g/mol. The van der Waals surface area contributed by atoms with Crippen molar-refractivity contribution >= 4 is 0 Å². The molecule has 0 saturated carbocycles. The van der Waals surface area contributed by atoms with E-state index in [0.29, 0.717) is 28.1 Å². The highest BCUT2D eigenvalue weighted by molar-refractivity contribution is 5.63. The lowest BCUT2D eigenvalue weighted by atomic mass is 10.1. The second-order valence-corrected chi connectivity index (χ2v) is 8.19. The van der Waals surface area contributed by atoms with E-state index in [9.17, 15) is 9.90 Å². The van der Waals surface area contributed by atoms with Gasteiger partial charge < -0.3 is 9.84 Å². The Morgan fingerprint density at radius 2 is 2.06 bits per heavy atom. The normalized spacial score (nSPS) is 15.5. The van der Waals surface area contributed by atoms with Gasteiger partial charge in [0, 0.05) is 24.0 Å². The highest BCUT2D eigenvalue weighted by Crippen LogP contribution is 2.35. The van der Waals surface area contributed by atoms with Crippen LogP contribution in [0.25, 0.3) is 16.9 Å². The van der Waals surface area contributed by atoms with Gasteiger partial charge in [-0.05, 0) is 65.9 Å². The van der Waals surface area contributed by atoms with Crippen molar-refractivity contribution in [3.63, 3.8) is 0 Å². The zero-order valence-electron chi connectivity index (χ0n) is 18.5. The first kappa shape index (κ1) is 21.6. The minimum atomic E-state index is -0.904. The molecule has 5 rings (SSSR count). The van der Waals surface area contributed by atoms with Crippen LogP contribution >= 0.6 is 0 Å². The SMILES string of the molecule is COc1ccc2c(c1)C(NC(O)c1ccc(-n3[nH]cc(-c4ccc(C#N)cc4)c3=O)nc1)CC2. The van der Waals surface area contributed by atoms with Gasteiger partial charge in [-0.2, -0.15) is 5.26 Å². The summed E-state index contributed by atoms with van der Waals surface area (Å²) in [5, 5.41) is 25.9. The quantitative estimate of drug-likeness (QED) is 0.386. The Balaban J connectivity index is 1.32. The molecule has 1 aliphatic rings. The van der Waals surface area contributed by atoms with Crippen molar-refractivity contribution in [1.82, 2.24) is 20.1 Å². The van der Waals surface area contributed by atoms with Crippen LogP contribution in [0, 0.1) is 11.3 Å². The fourth-order valence-electron chi connectivity index (χ4n) is 4.33. The molecule has 0 radical (unpaired) electrons. The fourth-order valence-corrected chi connectivity index (χ4v) is 4.33. The van der Waals surface area contributed by atoms with E-state index in [1.165, 1.54) is 10.2 Å². The molecule has 8 heteroatoms. The Morgan fingerprint density at radius 1 is 1.24 bits per heavy atom. The number of aromatic amines is 1. The average Bonchev–Trinajstić information content (AvgIpc) is 3.47. The number of methoxy groups -OCH3 is 1. The van der Waals surface area contributed by atoms with Crippen LogP contribution in [0.1, 0.15) is 40.9 Å². The molecule has 2 aromatic carbocycles. The number of hydrogen-bond acceptors (Lipinski definition) is 6. The number of nitrogens with zero attached hydrogens (tertiary/aromatic N) is 3. The van der Waals surface area contributed by atoms with Crippen molar-refractivity contribution in [3.05, 3.63) is 99.6 Å². The van der Waals surface area contributed by atoms with Crippen LogP contribution in [-0.4, -0.2) is 27.0 Å². The molecular weight excluding hydrogens is 430 g/mol. The molecule has 3 N–H and O–H groups in total. The van der Waals surface area contributed by atoms with Gasteiger partial charge in [-0.15, -0.1) is 0 Å². The first-order chi connectivity index (χ1) is 16.6. The molecule has 0 fully saturated rings. The van der Waals surface area contributed by atoms with Crippen LogP contribution < -0.4 is 15.6 Å². The zero-order chi connectivity index (χ0) is 23.7. The van der Waals surface area contributed by atoms with Crippen molar-refractivity contribution in [1.29, 1.82) is 5.26 Å². The zero-order valence-corrected chi connectivity index (χ0v) is 18.5. The summed E-state index contributed by atoms with van der Waals surface area (Å²) in [6.07, 6.45) is 4.10. The van der Waals surface area contributed by atoms with Crippen molar-refractivity contribution in [3.8, 4) is 28.8 Å². The molecule has 0 bridgehead atoms. The number of nitrogens with one attached hydrogen (secondary N) is 2. The second-order valence-electron chi connectivity index (χ2n) is 8.19. The van der Waals surface area contributed by atoms with Gasteiger partial charge >= 0.3 is 0 Å². The van der Waals surface area contributed by atoms with E-state index in [1.54, 1.807) is 55.9 Å². The van der Waals surface area contributed by atoms with E-state index in [4.69, 9.17) is 10.00 Å². The highest BCUT2D eigenvalue weighted by atomic mass is 16.5. The summed E-state index contributed by atoms with van der Waals surface area (Å²) < 4.78 is 6.68. The van der Waals surface area contributed by atoms with Gasteiger partial charge in [0.1, 0.15) is 12.0 Å². The summed E-state index contributed by atoms with van der Waals surface area (Å²) >= 11 is 0. The number of ether oxygens (including phenoxy) is 1. The predicted octanol–water partition coefficient (Wildman–Crippen LogP) is 3.38. The summed E-state index contributed by atoms with van der Waals surface area (Å²) in [5.74, 6) is 1.21. The van der Waals surface area contributed by atoms with Crippen LogP contribution in [0.5, 0.6) is 5.75 Å². The number of pyridine rings is 1. The third kappa shape index (κ3) is 3.99. The molecule has 170 valence electrons. The monoisotopic (exact) mass is 453 g/mol. The van der Waals surface area contributed by atoms with Crippen molar-refractivity contribution < 1.29 is 9.84 Å². The Hall–Kier alpha value is -4.19. The number of fused-ring (bicyclic) bond motifs is 1. The molecule has 2 unspecified atom stereocenters. The van der Waals surface area contributed by atoms with Crippen LogP contribution in [-0.2, 0) is 6.42 Å². The van der Waals surface area contributed by atoms with Crippen molar-refractivity contribution in [2.24, 2.45) is 0 Å². The molecule has 34 heavy (non-hydrogen) atoms. The Morgan fingerprint density at radius 3 is 2.76 bits per heavy atom. The molecule has 8 nitrogen and oxygen atoms in total. The van der Waals surface area contributed by atoms with Gasteiger partial charge in [-0.1, -0.05) is 18.2 Å². The summed E-state index contributed by atoms with van der Waals surface area (Å²) in [4.78, 5) is 17.3. The molecule has 0 saturated heterocycles. The number of H-pyrrole nitrogens is 1. The Bertz CT molecular complexity index is 1410. The van der Waals surface area contributed by atoms with Crippen LogP contribution in [0.15, 0.2) is 71.8 Å². The summed E-state index contributed by atoms with van der Waals surface area (Å²) in [6.45, 7) is 0. The van der Waals surface area contributed by atoms with Gasteiger partial charge in [-0.3, -0.25) is 15.2 Å². The van der Waals surface area contributed by atoms with E-state index < -0.39 is 6.23 Å². The summed E-state index contributed by atoms with van der Waals surface area (Å²) in [6, 6.07) is 18.4. The van der Waals surface area contributed by atoms with Crippen molar-refractivity contribution in [2.45, 2.75) is 25.1 Å². The number of aromatic nitrogens is 3. The number of rotatable bonds is 6. The van der Waals surface area contributed by atoms with E-state index in [-0.39, 0.29) is 11.6 Å². The maximum atomic E-state index is 12.9. The highest BCUT2D eigenvalue weighted by Gasteiger charge is 2.25. The number of benzene rings is 2. The van der Waals surface area contributed by atoms with E-state index in [0.717, 1.165) is 24.2 Å². The second kappa shape index (κ2) is 8.98. The van der Waals surface area contributed by atoms with Gasteiger partial charge in [0.25, 0.3) is 5.56 Å². The van der Waals surface area contributed by atoms with E-state index >= 15 is 0 Å². The topological polar surface area (TPSA) is 116 Å². The summed E-state index contributed by atoms with van der Waals surface area (Å²) in [7, 11) is 1.64. The van der Waals surface area contributed by atoms with Gasteiger partial charge in [0.2, 0.25) is 0 Å². The Kier molecular flexibility index (Phi) is 5.72. The van der Waals surface area contributed by atoms with E-state index in [2.05, 4.69) is 27.5 Å². The Labute approximate surface area is 196 Å². The maximum Gasteiger partial charge on any atom is 0.280 e. The van der Waals surface area contributed by atoms with Crippen LogP contribution in [0.3, 0.4) is 0 Å². The molecule has 2 aromatic heterocycles. The molecule has 1 aliphatic carbocycles. The van der Waals surface area contributed by atoms with Gasteiger partial charge in [0.05, 0.1) is 24.3 Å². The first-order valence-electron chi connectivity index (χ1n) is 11.0. The third-order valence-electron chi connectivity index (χ3n) is 6.20. The molecule has 0 aliphatic heterocycles. The predicted molar refractivity (Wildman–Crippen MR) is 126 cm³/mol.